The highest BCUT2D eigenvalue weighted by Crippen LogP contribution is 2.30. The number of rotatable bonds is 4. The van der Waals surface area contributed by atoms with Gasteiger partial charge in [-0.05, 0) is 35.7 Å². The van der Waals surface area contributed by atoms with Gasteiger partial charge in [-0.25, -0.2) is 13.2 Å². The van der Waals surface area contributed by atoms with E-state index in [9.17, 15) is 13.2 Å². The van der Waals surface area contributed by atoms with Gasteiger partial charge < -0.3 is 4.74 Å². The molecule has 1 heterocycles. The van der Waals surface area contributed by atoms with Crippen molar-refractivity contribution in [1.29, 1.82) is 0 Å². The van der Waals surface area contributed by atoms with E-state index in [1.807, 2.05) is 0 Å². The second-order valence-corrected chi connectivity index (χ2v) is 7.85. The van der Waals surface area contributed by atoms with Crippen molar-refractivity contribution in [1.82, 2.24) is 0 Å². The van der Waals surface area contributed by atoms with Crippen molar-refractivity contribution in [3.63, 3.8) is 0 Å². The van der Waals surface area contributed by atoms with Gasteiger partial charge in [0.2, 0.25) is 0 Å². The second-order valence-electron chi connectivity index (χ2n) is 4.05. The third kappa shape index (κ3) is 3.12. The molecular formula is C13H12BrNO4S2. The number of carbonyl (C=O) groups excluding carboxylic acids is 1. The highest BCUT2D eigenvalue weighted by molar-refractivity contribution is 9.10. The van der Waals surface area contributed by atoms with Crippen LogP contribution in [0.25, 0.3) is 0 Å². The van der Waals surface area contributed by atoms with Crippen molar-refractivity contribution >= 4 is 48.9 Å². The smallest absolute Gasteiger partial charge is 0.350 e. The second kappa shape index (κ2) is 6.17. The minimum absolute atomic E-state index is 0.148. The third-order valence-electron chi connectivity index (χ3n) is 2.83. The van der Waals surface area contributed by atoms with Gasteiger partial charge in [-0.3, -0.25) is 4.31 Å². The number of hydrogen-bond donors (Lipinski definition) is 0. The quantitative estimate of drug-likeness (QED) is 0.753. The molecule has 0 saturated heterocycles. The van der Waals surface area contributed by atoms with Crippen LogP contribution >= 0.6 is 27.3 Å². The SMILES string of the molecule is COC(=O)c1sccc1N(C)S(=O)(=O)c1ccc(Br)cc1. The molecule has 0 amide bonds. The average molecular weight is 390 g/mol. The zero-order chi connectivity index (χ0) is 15.6. The molecule has 112 valence electrons. The molecule has 0 fully saturated rings. The van der Waals surface area contributed by atoms with Gasteiger partial charge in [0.05, 0.1) is 17.7 Å². The van der Waals surface area contributed by atoms with Crippen LogP contribution in [0, 0.1) is 0 Å². The summed E-state index contributed by atoms with van der Waals surface area (Å²) >= 11 is 4.40. The lowest BCUT2D eigenvalue weighted by Crippen LogP contribution is -2.27. The highest BCUT2D eigenvalue weighted by atomic mass is 79.9. The number of anilines is 1. The Hall–Kier alpha value is -1.38. The van der Waals surface area contributed by atoms with Crippen molar-refractivity contribution in [2.75, 3.05) is 18.5 Å². The van der Waals surface area contributed by atoms with Gasteiger partial charge in [-0.15, -0.1) is 11.3 Å². The molecule has 0 radical (unpaired) electrons. The van der Waals surface area contributed by atoms with Gasteiger partial charge >= 0.3 is 5.97 Å². The number of halogens is 1. The topological polar surface area (TPSA) is 63.7 Å². The van der Waals surface area contributed by atoms with E-state index >= 15 is 0 Å². The van der Waals surface area contributed by atoms with Gasteiger partial charge in [0.15, 0.2) is 0 Å². The third-order valence-corrected chi connectivity index (χ3v) is 6.02. The largest absolute Gasteiger partial charge is 0.465 e. The molecule has 0 aliphatic heterocycles. The standard InChI is InChI=1S/C13H12BrNO4S2/c1-15(11-7-8-20-12(11)13(16)19-2)21(17,18)10-5-3-9(14)4-6-10/h3-8H,1-2H3. The van der Waals surface area contributed by atoms with Crippen molar-refractivity contribution < 1.29 is 17.9 Å². The summed E-state index contributed by atoms with van der Waals surface area (Å²) in [7, 11) is -1.06. The molecule has 1 aromatic heterocycles. The highest BCUT2D eigenvalue weighted by Gasteiger charge is 2.26. The molecule has 0 spiro atoms. The number of sulfonamides is 1. The van der Waals surface area contributed by atoms with Gasteiger partial charge in [0.1, 0.15) is 4.88 Å². The molecule has 0 aliphatic carbocycles. The molecule has 0 bridgehead atoms. The number of hydrogen-bond acceptors (Lipinski definition) is 5. The Labute approximate surface area is 135 Å². The summed E-state index contributed by atoms with van der Waals surface area (Å²) in [4.78, 5) is 12.1. The molecule has 21 heavy (non-hydrogen) atoms. The molecule has 0 N–H and O–H groups in total. The summed E-state index contributed by atoms with van der Waals surface area (Å²) < 4.78 is 31.7. The Morgan fingerprint density at radius 3 is 2.43 bits per heavy atom. The molecule has 2 rings (SSSR count). The first-order valence-corrected chi connectivity index (χ1v) is 8.89. The van der Waals surface area contributed by atoms with Crippen LogP contribution in [0.1, 0.15) is 9.67 Å². The molecule has 5 nitrogen and oxygen atoms in total. The van der Waals surface area contributed by atoms with E-state index in [2.05, 4.69) is 20.7 Å². The number of esters is 1. The summed E-state index contributed by atoms with van der Waals surface area (Å²) in [5, 5.41) is 1.65. The molecule has 0 saturated carbocycles. The Morgan fingerprint density at radius 1 is 1.24 bits per heavy atom. The first kappa shape index (κ1) is 16.0. The maximum Gasteiger partial charge on any atom is 0.350 e. The average Bonchev–Trinajstić information content (AvgIpc) is 2.95. The van der Waals surface area contributed by atoms with Gasteiger partial charge in [0, 0.05) is 11.5 Å². The van der Waals surface area contributed by atoms with E-state index in [0.717, 1.165) is 20.1 Å². The van der Waals surface area contributed by atoms with Crippen LogP contribution in [0.5, 0.6) is 0 Å². The van der Waals surface area contributed by atoms with Crippen molar-refractivity contribution in [2.24, 2.45) is 0 Å². The predicted molar refractivity (Wildman–Crippen MR) is 85.4 cm³/mol. The summed E-state index contributed by atoms with van der Waals surface area (Å²) in [5.74, 6) is -0.558. The summed E-state index contributed by atoms with van der Waals surface area (Å²) in [6.45, 7) is 0. The van der Waals surface area contributed by atoms with E-state index in [1.54, 1.807) is 23.6 Å². The Balaban J connectivity index is 2.44. The van der Waals surface area contributed by atoms with Crippen LogP contribution in [0.3, 0.4) is 0 Å². The minimum atomic E-state index is -3.73. The van der Waals surface area contributed by atoms with Gasteiger partial charge in [0.25, 0.3) is 10.0 Å². The molecule has 0 aliphatic rings. The van der Waals surface area contributed by atoms with E-state index in [-0.39, 0.29) is 9.77 Å². The van der Waals surface area contributed by atoms with Crippen LogP contribution < -0.4 is 4.31 Å². The molecule has 2 aromatic rings. The summed E-state index contributed by atoms with van der Waals surface area (Å²) in [5.41, 5.74) is 0.301. The molecule has 1 aromatic carbocycles. The number of methoxy groups -OCH3 is 1. The summed E-state index contributed by atoms with van der Waals surface area (Å²) in [6.07, 6.45) is 0. The zero-order valence-electron chi connectivity index (χ0n) is 11.2. The molecule has 0 atom stereocenters. The van der Waals surface area contributed by atoms with Crippen molar-refractivity contribution in [2.45, 2.75) is 4.90 Å². The van der Waals surface area contributed by atoms with Crippen LogP contribution in [-0.2, 0) is 14.8 Å². The number of nitrogens with zero attached hydrogens (tertiary/aromatic N) is 1. The summed E-state index contributed by atoms with van der Waals surface area (Å²) in [6, 6.07) is 7.87. The maximum atomic E-state index is 12.6. The minimum Gasteiger partial charge on any atom is -0.465 e. The maximum absolute atomic E-state index is 12.6. The predicted octanol–water partition coefficient (Wildman–Crippen LogP) is 3.12. The number of carbonyl (C=O) groups is 1. The Bertz CT molecular complexity index is 753. The lowest BCUT2D eigenvalue weighted by Gasteiger charge is -2.19. The number of benzene rings is 1. The fourth-order valence-electron chi connectivity index (χ4n) is 1.69. The van der Waals surface area contributed by atoms with E-state index in [1.165, 1.54) is 26.3 Å². The van der Waals surface area contributed by atoms with Gasteiger partial charge in [-0.2, -0.15) is 0 Å². The molecule has 8 heteroatoms. The Kier molecular flexibility index (Phi) is 4.70. The van der Waals surface area contributed by atoms with Crippen LogP contribution in [-0.4, -0.2) is 28.5 Å². The monoisotopic (exact) mass is 389 g/mol. The molecular weight excluding hydrogens is 378 g/mol. The Morgan fingerprint density at radius 2 is 1.86 bits per heavy atom. The van der Waals surface area contributed by atoms with E-state index < -0.39 is 16.0 Å². The first-order valence-electron chi connectivity index (χ1n) is 5.78. The normalized spacial score (nSPS) is 11.2. The number of ether oxygens (including phenoxy) is 1. The van der Waals surface area contributed by atoms with Crippen LogP contribution in [0.2, 0.25) is 0 Å². The number of thiophene rings is 1. The zero-order valence-corrected chi connectivity index (χ0v) is 14.5. The lowest BCUT2D eigenvalue weighted by atomic mass is 10.4. The van der Waals surface area contributed by atoms with Gasteiger partial charge in [-0.1, -0.05) is 15.9 Å². The van der Waals surface area contributed by atoms with Crippen LogP contribution in [0.4, 0.5) is 5.69 Å². The van der Waals surface area contributed by atoms with E-state index in [4.69, 9.17) is 0 Å². The van der Waals surface area contributed by atoms with E-state index in [0.29, 0.717) is 5.69 Å². The fourth-order valence-corrected chi connectivity index (χ4v) is 4.06. The molecule has 0 unspecified atom stereocenters. The fraction of sp³-hybridized carbons (Fsp3) is 0.154. The van der Waals surface area contributed by atoms with Crippen LogP contribution in [0.15, 0.2) is 45.1 Å². The van der Waals surface area contributed by atoms with Crippen molar-refractivity contribution in [3.8, 4) is 0 Å². The lowest BCUT2D eigenvalue weighted by molar-refractivity contribution is 0.0607. The first-order chi connectivity index (χ1) is 9.87. The van der Waals surface area contributed by atoms with Crippen molar-refractivity contribution in [3.05, 3.63) is 45.1 Å².